The summed E-state index contributed by atoms with van der Waals surface area (Å²) in [5.74, 6) is 0.610. The molecule has 0 unspecified atom stereocenters. The number of carbonyl (C=O) groups is 1. The summed E-state index contributed by atoms with van der Waals surface area (Å²) in [7, 11) is 3.37. The highest BCUT2D eigenvalue weighted by Crippen LogP contribution is 2.20. The van der Waals surface area contributed by atoms with Crippen LogP contribution in [0.3, 0.4) is 0 Å². The van der Waals surface area contributed by atoms with E-state index in [0.717, 1.165) is 11.4 Å². The first-order valence-corrected chi connectivity index (χ1v) is 6.16. The smallest absolute Gasteiger partial charge is 0.322 e. The van der Waals surface area contributed by atoms with Gasteiger partial charge in [-0.1, -0.05) is 17.7 Å². The van der Waals surface area contributed by atoms with Crippen LogP contribution < -0.4 is 5.32 Å². The molecule has 0 aliphatic carbocycles. The zero-order chi connectivity index (χ0) is 14.0. The molecule has 2 amide bonds. The molecule has 0 saturated carbocycles. The highest BCUT2D eigenvalue weighted by atomic mass is 35.5. The summed E-state index contributed by atoms with van der Waals surface area (Å²) in [6.45, 7) is 1.87. The number of aromatic nitrogens is 2. The molecule has 0 saturated heterocycles. The van der Waals surface area contributed by atoms with Crippen molar-refractivity contribution in [3.05, 3.63) is 41.0 Å². The van der Waals surface area contributed by atoms with Crippen LogP contribution in [0, 0.1) is 6.92 Å². The Hall–Kier alpha value is -2.01. The van der Waals surface area contributed by atoms with Gasteiger partial charge in [-0.15, -0.1) is 0 Å². The van der Waals surface area contributed by atoms with Gasteiger partial charge in [0.2, 0.25) is 0 Å². The number of anilines is 1. The topological polar surface area (TPSA) is 50.2 Å². The van der Waals surface area contributed by atoms with E-state index in [2.05, 4.69) is 10.4 Å². The fourth-order valence-electron chi connectivity index (χ4n) is 1.61. The van der Waals surface area contributed by atoms with Gasteiger partial charge in [0.1, 0.15) is 5.82 Å². The lowest BCUT2D eigenvalue weighted by molar-refractivity contribution is 0.230. The first kappa shape index (κ1) is 13.4. The molecule has 6 heteroatoms. The lowest BCUT2D eigenvalue weighted by Gasteiger charge is -2.13. The summed E-state index contributed by atoms with van der Waals surface area (Å²) in [4.78, 5) is 13.2. The third-order valence-corrected chi connectivity index (χ3v) is 2.76. The van der Waals surface area contributed by atoms with Gasteiger partial charge in [0.05, 0.1) is 11.4 Å². The first-order chi connectivity index (χ1) is 8.97. The number of carbonyl (C=O) groups excluding carboxylic acids is 1. The van der Waals surface area contributed by atoms with Crippen molar-refractivity contribution in [2.45, 2.75) is 6.92 Å². The second-order valence-electron chi connectivity index (χ2n) is 4.39. The average Bonchev–Trinajstić information content (AvgIpc) is 2.70. The van der Waals surface area contributed by atoms with Gasteiger partial charge in [-0.25, -0.2) is 9.48 Å². The zero-order valence-electron chi connectivity index (χ0n) is 11.0. The fourth-order valence-corrected chi connectivity index (χ4v) is 1.80. The van der Waals surface area contributed by atoms with Crippen molar-refractivity contribution in [2.75, 3.05) is 19.4 Å². The Morgan fingerprint density at radius 2 is 2.11 bits per heavy atom. The minimum Gasteiger partial charge on any atom is -0.331 e. The van der Waals surface area contributed by atoms with E-state index < -0.39 is 0 Å². The molecule has 0 fully saturated rings. The molecule has 1 N–H and O–H groups in total. The van der Waals surface area contributed by atoms with Gasteiger partial charge >= 0.3 is 6.03 Å². The van der Waals surface area contributed by atoms with Gasteiger partial charge in [-0.3, -0.25) is 5.32 Å². The van der Waals surface area contributed by atoms with Crippen LogP contribution in [0.2, 0.25) is 5.02 Å². The molecule has 1 aromatic carbocycles. The Bertz CT molecular complexity index is 606. The number of benzene rings is 1. The molecule has 0 bridgehead atoms. The number of urea groups is 1. The maximum atomic E-state index is 11.7. The molecule has 2 aromatic rings. The van der Waals surface area contributed by atoms with Gasteiger partial charge in [0, 0.05) is 25.2 Å². The number of hydrogen-bond acceptors (Lipinski definition) is 2. The second-order valence-corrected chi connectivity index (χ2v) is 4.82. The van der Waals surface area contributed by atoms with Crippen molar-refractivity contribution >= 4 is 23.4 Å². The van der Waals surface area contributed by atoms with Crippen LogP contribution in [0.15, 0.2) is 30.3 Å². The van der Waals surface area contributed by atoms with E-state index in [1.807, 2.05) is 25.1 Å². The number of rotatable bonds is 2. The van der Waals surface area contributed by atoms with Crippen molar-refractivity contribution in [3.8, 4) is 5.69 Å². The quantitative estimate of drug-likeness (QED) is 0.918. The van der Waals surface area contributed by atoms with Crippen LogP contribution in [0.1, 0.15) is 5.69 Å². The molecule has 1 heterocycles. The Morgan fingerprint density at radius 1 is 1.37 bits per heavy atom. The summed E-state index contributed by atoms with van der Waals surface area (Å²) in [6.07, 6.45) is 0. The summed E-state index contributed by atoms with van der Waals surface area (Å²) in [5, 5.41) is 7.77. The SMILES string of the molecule is Cc1cc(NC(=O)N(C)C)n(-c2cccc(Cl)c2)n1. The van der Waals surface area contributed by atoms with Gasteiger partial charge in [-0.05, 0) is 25.1 Å². The summed E-state index contributed by atoms with van der Waals surface area (Å²) >= 11 is 5.97. The number of amides is 2. The minimum atomic E-state index is -0.205. The molecule has 5 nitrogen and oxygen atoms in total. The predicted molar refractivity (Wildman–Crippen MR) is 76.0 cm³/mol. The molecular formula is C13H15ClN4O. The molecule has 2 rings (SSSR count). The Kier molecular flexibility index (Phi) is 3.76. The number of aryl methyl sites for hydroxylation is 1. The van der Waals surface area contributed by atoms with E-state index in [1.54, 1.807) is 30.9 Å². The maximum absolute atomic E-state index is 11.7. The monoisotopic (exact) mass is 278 g/mol. The Morgan fingerprint density at radius 3 is 2.74 bits per heavy atom. The molecular weight excluding hydrogens is 264 g/mol. The zero-order valence-corrected chi connectivity index (χ0v) is 11.8. The van der Waals surface area contributed by atoms with Gasteiger partial charge < -0.3 is 4.90 Å². The largest absolute Gasteiger partial charge is 0.331 e. The normalized spacial score (nSPS) is 10.3. The van der Waals surface area contributed by atoms with Crippen LogP contribution in [0.4, 0.5) is 10.6 Å². The average molecular weight is 279 g/mol. The van der Waals surface area contributed by atoms with Crippen molar-refractivity contribution in [3.63, 3.8) is 0 Å². The van der Waals surface area contributed by atoms with E-state index in [0.29, 0.717) is 10.8 Å². The van der Waals surface area contributed by atoms with Crippen LogP contribution in [-0.2, 0) is 0 Å². The number of nitrogens with one attached hydrogen (secondary N) is 1. The standard InChI is InChI=1S/C13H15ClN4O/c1-9-7-12(15-13(19)17(2)3)18(16-9)11-6-4-5-10(14)8-11/h4-8H,1-3H3,(H,15,19). The third-order valence-electron chi connectivity index (χ3n) is 2.53. The first-order valence-electron chi connectivity index (χ1n) is 5.78. The van der Waals surface area contributed by atoms with E-state index in [1.165, 1.54) is 4.90 Å². The molecule has 0 aliphatic heterocycles. The summed E-state index contributed by atoms with van der Waals surface area (Å²) < 4.78 is 1.66. The lowest BCUT2D eigenvalue weighted by atomic mass is 10.3. The van der Waals surface area contributed by atoms with Gasteiger partial charge in [0.15, 0.2) is 0 Å². The second kappa shape index (κ2) is 5.32. The maximum Gasteiger partial charge on any atom is 0.322 e. The third kappa shape index (κ3) is 3.06. The summed E-state index contributed by atoms with van der Waals surface area (Å²) in [5.41, 5.74) is 1.61. The molecule has 0 spiro atoms. The van der Waals surface area contributed by atoms with Crippen molar-refractivity contribution in [1.82, 2.24) is 14.7 Å². The Labute approximate surface area is 116 Å². The number of nitrogens with zero attached hydrogens (tertiary/aromatic N) is 3. The van der Waals surface area contributed by atoms with E-state index >= 15 is 0 Å². The van der Waals surface area contributed by atoms with Crippen LogP contribution in [0.25, 0.3) is 5.69 Å². The van der Waals surface area contributed by atoms with E-state index in [9.17, 15) is 4.79 Å². The molecule has 19 heavy (non-hydrogen) atoms. The van der Waals surface area contributed by atoms with E-state index in [4.69, 9.17) is 11.6 Å². The van der Waals surface area contributed by atoms with Gasteiger partial charge in [-0.2, -0.15) is 5.10 Å². The molecule has 0 atom stereocenters. The fraction of sp³-hybridized carbons (Fsp3) is 0.231. The van der Waals surface area contributed by atoms with Crippen molar-refractivity contribution in [2.24, 2.45) is 0 Å². The molecule has 0 aliphatic rings. The molecule has 0 radical (unpaired) electrons. The molecule has 100 valence electrons. The highest BCUT2D eigenvalue weighted by Gasteiger charge is 2.12. The Balaban J connectivity index is 2.38. The number of halogens is 1. The van der Waals surface area contributed by atoms with Crippen LogP contribution in [-0.4, -0.2) is 34.8 Å². The van der Waals surface area contributed by atoms with Crippen LogP contribution >= 0.6 is 11.6 Å². The number of hydrogen-bond donors (Lipinski definition) is 1. The lowest BCUT2D eigenvalue weighted by Crippen LogP contribution is -2.28. The minimum absolute atomic E-state index is 0.205. The molecule has 1 aromatic heterocycles. The van der Waals surface area contributed by atoms with E-state index in [-0.39, 0.29) is 6.03 Å². The van der Waals surface area contributed by atoms with Crippen LogP contribution in [0.5, 0.6) is 0 Å². The highest BCUT2D eigenvalue weighted by molar-refractivity contribution is 6.30. The summed E-state index contributed by atoms with van der Waals surface area (Å²) in [6, 6.07) is 8.90. The van der Waals surface area contributed by atoms with Crippen molar-refractivity contribution < 1.29 is 4.79 Å². The predicted octanol–water partition coefficient (Wildman–Crippen LogP) is 2.93. The van der Waals surface area contributed by atoms with Crippen molar-refractivity contribution in [1.29, 1.82) is 0 Å². The van der Waals surface area contributed by atoms with Gasteiger partial charge in [0.25, 0.3) is 0 Å².